The molecule has 1 fully saturated rings. The molecule has 2 aliphatic rings. The minimum Gasteiger partial charge on any atom is -0.468 e. The highest BCUT2D eigenvalue weighted by atomic mass is 16.5. The number of methoxy groups -OCH3 is 2. The van der Waals surface area contributed by atoms with Gasteiger partial charge in [-0.05, 0) is 36.5 Å². The number of carbonyl (C=O) groups is 2. The van der Waals surface area contributed by atoms with Crippen LogP contribution in [0.4, 0.5) is 5.69 Å². The summed E-state index contributed by atoms with van der Waals surface area (Å²) in [6.07, 6.45) is 6.06. The Morgan fingerprint density at radius 1 is 1.00 bits per heavy atom. The predicted octanol–water partition coefficient (Wildman–Crippen LogP) is 3.97. The van der Waals surface area contributed by atoms with Crippen molar-refractivity contribution in [3.8, 4) is 0 Å². The highest BCUT2D eigenvalue weighted by molar-refractivity contribution is 6.03. The molecular weight excluding hydrogens is 378 g/mol. The summed E-state index contributed by atoms with van der Waals surface area (Å²) in [4.78, 5) is 28.2. The van der Waals surface area contributed by atoms with E-state index in [1.807, 2.05) is 37.4 Å². The van der Waals surface area contributed by atoms with Crippen LogP contribution < -0.4 is 4.90 Å². The number of nitrogens with zero attached hydrogens (tertiary/aromatic N) is 1. The fraction of sp³-hybridized carbons (Fsp3) is 0.360. The van der Waals surface area contributed by atoms with Gasteiger partial charge in [-0.15, -0.1) is 0 Å². The largest absolute Gasteiger partial charge is 0.468 e. The number of hydrogen-bond donors (Lipinski definition) is 0. The molecule has 0 N–H and O–H groups in total. The number of esters is 2. The van der Waals surface area contributed by atoms with Crippen molar-refractivity contribution in [2.24, 2.45) is 5.41 Å². The van der Waals surface area contributed by atoms with Crippen LogP contribution in [-0.2, 0) is 24.5 Å². The molecule has 1 saturated carbocycles. The molecule has 0 unspecified atom stereocenters. The number of allylic oxidation sites excluding steroid dienone is 1. The maximum atomic E-state index is 13.0. The van der Waals surface area contributed by atoms with E-state index in [2.05, 4.69) is 41.3 Å². The van der Waals surface area contributed by atoms with Crippen LogP contribution in [0, 0.1) is 5.41 Å². The molecule has 1 aliphatic carbocycles. The topological polar surface area (TPSA) is 55.8 Å². The number of para-hydroxylation sites is 1. The molecule has 2 aromatic carbocycles. The second-order valence-electron chi connectivity index (χ2n) is 8.16. The first-order valence-corrected chi connectivity index (χ1v) is 10.2. The van der Waals surface area contributed by atoms with E-state index in [0.29, 0.717) is 19.3 Å². The lowest BCUT2D eigenvalue weighted by molar-refractivity contribution is -0.170. The van der Waals surface area contributed by atoms with E-state index < -0.39 is 17.4 Å². The molecule has 156 valence electrons. The minimum atomic E-state index is -1.35. The molecule has 0 radical (unpaired) electrons. The highest BCUT2D eigenvalue weighted by Crippen LogP contribution is 2.62. The van der Waals surface area contributed by atoms with Gasteiger partial charge in [-0.1, -0.05) is 60.7 Å². The number of ether oxygens (including phenoxy) is 2. The van der Waals surface area contributed by atoms with Gasteiger partial charge in [0.05, 0.1) is 20.3 Å². The first-order chi connectivity index (χ1) is 14.5. The zero-order chi connectivity index (χ0) is 21.4. The summed E-state index contributed by atoms with van der Waals surface area (Å²) >= 11 is 0. The molecule has 2 aromatic rings. The van der Waals surface area contributed by atoms with E-state index in [4.69, 9.17) is 9.47 Å². The van der Waals surface area contributed by atoms with Crippen molar-refractivity contribution in [2.75, 3.05) is 26.2 Å². The monoisotopic (exact) mass is 405 g/mol. The van der Waals surface area contributed by atoms with Crippen LogP contribution in [0.5, 0.6) is 0 Å². The lowest BCUT2D eigenvalue weighted by atomic mass is 9.70. The van der Waals surface area contributed by atoms with Gasteiger partial charge < -0.3 is 14.4 Å². The Morgan fingerprint density at radius 3 is 2.30 bits per heavy atom. The molecule has 0 amide bonds. The minimum absolute atomic E-state index is 0.372. The van der Waals surface area contributed by atoms with Gasteiger partial charge in [0.2, 0.25) is 0 Å². The number of hydrogen-bond acceptors (Lipinski definition) is 5. The smallest absolute Gasteiger partial charge is 0.325 e. The van der Waals surface area contributed by atoms with Crippen molar-refractivity contribution in [3.63, 3.8) is 0 Å². The lowest BCUT2D eigenvalue weighted by Crippen LogP contribution is -2.56. The standard InChI is InChI=1S/C25H27NO4/c1-26-20-14-8-7-13-19(20)24(15-9-12-18-10-5-4-6-11-18)16-17-25(21(24)26,22(27)29-2)23(28)30-3/h4-14,21H,15-17H2,1-3H3/b12-9-/t21-,24+/m0/s1. The Hall–Kier alpha value is -3.08. The highest BCUT2D eigenvalue weighted by Gasteiger charge is 2.70. The third kappa shape index (κ3) is 2.76. The third-order valence-electron chi connectivity index (χ3n) is 6.85. The van der Waals surface area contributed by atoms with Crippen molar-refractivity contribution in [3.05, 3.63) is 71.8 Å². The first kappa shape index (κ1) is 20.2. The normalized spacial score (nSPS) is 23.8. The van der Waals surface area contributed by atoms with Crippen molar-refractivity contribution in [1.82, 2.24) is 0 Å². The zero-order valence-electron chi connectivity index (χ0n) is 17.6. The van der Waals surface area contributed by atoms with Crippen LogP contribution in [-0.4, -0.2) is 39.2 Å². The third-order valence-corrected chi connectivity index (χ3v) is 6.85. The van der Waals surface area contributed by atoms with E-state index in [0.717, 1.165) is 11.3 Å². The summed E-state index contributed by atoms with van der Waals surface area (Å²) in [7, 11) is 4.63. The first-order valence-electron chi connectivity index (χ1n) is 10.2. The molecular formula is C25H27NO4. The van der Waals surface area contributed by atoms with Crippen LogP contribution >= 0.6 is 0 Å². The average molecular weight is 405 g/mol. The summed E-state index contributed by atoms with van der Waals surface area (Å²) in [6.45, 7) is 0. The van der Waals surface area contributed by atoms with Gasteiger partial charge in [0.25, 0.3) is 0 Å². The van der Waals surface area contributed by atoms with Crippen LogP contribution in [0.15, 0.2) is 60.7 Å². The molecule has 1 heterocycles. The number of anilines is 1. The van der Waals surface area contributed by atoms with Crippen LogP contribution in [0.2, 0.25) is 0 Å². The Kier molecular flexibility index (Phi) is 5.14. The SMILES string of the molecule is COC(=O)C1(C(=O)OC)CC[C@]2(C/C=C\c3ccccc3)c3ccccc3N(C)[C@H]12. The quantitative estimate of drug-likeness (QED) is 0.556. The fourth-order valence-electron chi connectivity index (χ4n) is 5.66. The Morgan fingerprint density at radius 2 is 1.63 bits per heavy atom. The molecule has 30 heavy (non-hydrogen) atoms. The summed E-state index contributed by atoms with van der Waals surface area (Å²) in [5.74, 6) is -1.04. The molecule has 1 aliphatic heterocycles. The van der Waals surface area contributed by atoms with Gasteiger partial charge in [-0.2, -0.15) is 0 Å². The summed E-state index contributed by atoms with van der Waals surface area (Å²) < 4.78 is 10.3. The molecule has 5 nitrogen and oxygen atoms in total. The molecule has 0 aromatic heterocycles. The van der Waals surface area contributed by atoms with Gasteiger partial charge in [0, 0.05) is 18.2 Å². The molecule has 0 bridgehead atoms. The number of benzene rings is 2. The van der Waals surface area contributed by atoms with Gasteiger partial charge in [-0.25, -0.2) is 0 Å². The Bertz CT molecular complexity index is 968. The van der Waals surface area contributed by atoms with E-state index in [1.165, 1.54) is 19.8 Å². The van der Waals surface area contributed by atoms with E-state index in [1.54, 1.807) is 0 Å². The Balaban J connectivity index is 1.82. The van der Waals surface area contributed by atoms with E-state index in [-0.39, 0.29) is 11.5 Å². The number of likely N-dealkylation sites (N-methyl/N-ethyl adjacent to an activating group) is 1. The van der Waals surface area contributed by atoms with E-state index in [9.17, 15) is 9.59 Å². The summed E-state index contributed by atoms with van der Waals surface area (Å²) in [5, 5.41) is 0. The zero-order valence-corrected chi connectivity index (χ0v) is 17.6. The van der Waals surface area contributed by atoms with Crippen LogP contribution in [0.1, 0.15) is 30.4 Å². The van der Waals surface area contributed by atoms with Crippen molar-refractivity contribution in [2.45, 2.75) is 30.7 Å². The molecule has 5 heteroatoms. The number of carbonyl (C=O) groups excluding carboxylic acids is 2. The predicted molar refractivity (Wildman–Crippen MR) is 116 cm³/mol. The van der Waals surface area contributed by atoms with Gasteiger partial charge in [-0.3, -0.25) is 9.59 Å². The van der Waals surface area contributed by atoms with Gasteiger partial charge in [0.15, 0.2) is 5.41 Å². The van der Waals surface area contributed by atoms with Crippen molar-refractivity contribution in [1.29, 1.82) is 0 Å². The number of fused-ring (bicyclic) bond motifs is 3. The maximum absolute atomic E-state index is 13.0. The van der Waals surface area contributed by atoms with Crippen LogP contribution in [0.3, 0.4) is 0 Å². The van der Waals surface area contributed by atoms with Gasteiger partial charge in [0.1, 0.15) is 0 Å². The van der Waals surface area contributed by atoms with E-state index >= 15 is 0 Å². The fourth-order valence-corrected chi connectivity index (χ4v) is 5.66. The molecule has 2 atom stereocenters. The van der Waals surface area contributed by atoms with Gasteiger partial charge >= 0.3 is 11.9 Å². The maximum Gasteiger partial charge on any atom is 0.325 e. The number of rotatable bonds is 5. The van der Waals surface area contributed by atoms with Crippen LogP contribution in [0.25, 0.3) is 6.08 Å². The summed E-state index contributed by atoms with van der Waals surface area (Å²) in [5.41, 5.74) is 1.62. The van der Waals surface area contributed by atoms with Crippen molar-refractivity contribution < 1.29 is 19.1 Å². The Labute approximate surface area is 177 Å². The average Bonchev–Trinajstić information content (AvgIpc) is 3.26. The molecule has 4 rings (SSSR count). The van der Waals surface area contributed by atoms with Crippen molar-refractivity contribution >= 4 is 23.7 Å². The summed E-state index contributed by atoms with van der Waals surface area (Å²) in [6, 6.07) is 17.9. The molecule has 0 saturated heterocycles. The second kappa shape index (κ2) is 7.63. The molecule has 0 spiro atoms. The lowest BCUT2D eigenvalue weighted by Gasteiger charge is -2.39. The second-order valence-corrected chi connectivity index (χ2v) is 8.16.